The van der Waals surface area contributed by atoms with Crippen molar-refractivity contribution >= 4 is 17.6 Å². The molecule has 1 heterocycles. The van der Waals surface area contributed by atoms with Crippen LogP contribution in [0.5, 0.6) is 0 Å². The van der Waals surface area contributed by atoms with Gasteiger partial charge >= 0.3 is 5.97 Å². The lowest BCUT2D eigenvalue weighted by molar-refractivity contribution is 0.0690. The highest BCUT2D eigenvalue weighted by molar-refractivity contribution is 6.04. The second-order valence-corrected chi connectivity index (χ2v) is 4.10. The Labute approximate surface area is 114 Å². The zero-order valence-electron chi connectivity index (χ0n) is 10.6. The van der Waals surface area contributed by atoms with E-state index in [4.69, 9.17) is 5.11 Å². The molecule has 0 aliphatic carbocycles. The van der Waals surface area contributed by atoms with Crippen molar-refractivity contribution in [1.82, 2.24) is 4.98 Å². The number of carboxylic acid groups (broad SMARTS) is 1. The highest BCUT2D eigenvalue weighted by Crippen LogP contribution is 2.18. The topological polar surface area (TPSA) is 79.3 Å². The van der Waals surface area contributed by atoms with Gasteiger partial charge in [0, 0.05) is 17.4 Å². The lowest BCUT2D eigenvalue weighted by Crippen LogP contribution is -2.14. The summed E-state index contributed by atoms with van der Waals surface area (Å²) in [5, 5.41) is 11.3. The molecule has 2 N–H and O–H groups in total. The quantitative estimate of drug-likeness (QED) is 0.901. The Hall–Kier alpha value is -2.76. The Bertz CT molecular complexity index is 669. The predicted octanol–water partition coefficient (Wildman–Crippen LogP) is 2.48. The van der Waals surface area contributed by atoms with Gasteiger partial charge in [0.1, 0.15) is 11.5 Å². The number of benzene rings is 1. The molecule has 20 heavy (non-hydrogen) atoms. The third kappa shape index (κ3) is 2.80. The van der Waals surface area contributed by atoms with Crippen LogP contribution in [-0.2, 0) is 0 Å². The average Bonchev–Trinajstić information content (AvgIpc) is 2.44. The summed E-state index contributed by atoms with van der Waals surface area (Å²) in [6.45, 7) is 1.55. The zero-order chi connectivity index (χ0) is 14.7. The first-order valence-electron chi connectivity index (χ1n) is 5.75. The minimum atomic E-state index is -1.17. The normalized spacial score (nSPS) is 10.1. The minimum absolute atomic E-state index is 0.150. The molecule has 1 aromatic carbocycles. The third-order valence-corrected chi connectivity index (χ3v) is 2.76. The largest absolute Gasteiger partial charge is 0.477 e. The van der Waals surface area contributed by atoms with E-state index in [0.717, 1.165) is 6.20 Å². The number of hydrogen-bond donors (Lipinski definition) is 2. The first-order chi connectivity index (χ1) is 9.49. The first-order valence-corrected chi connectivity index (χ1v) is 5.75. The van der Waals surface area contributed by atoms with Crippen molar-refractivity contribution < 1.29 is 19.1 Å². The fraction of sp³-hybridized carbons (Fsp3) is 0.0714. The van der Waals surface area contributed by atoms with Crippen molar-refractivity contribution in [2.45, 2.75) is 6.92 Å². The van der Waals surface area contributed by atoms with Crippen molar-refractivity contribution in [3.63, 3.8) is 0 Å². The number of aromatic nitrogens is 1. The Morgan fingerprint density at radius 2 is 2.00 bits per heavy atom. The minimum Gasteiger partial charge on any atom is -0.477 e. The summed E-state index contributed by atoms with van der Waals surface area (Å²) in [5.74, 6) is -2.07. The number of pyridine rings is 1. The van der Waals surface area contributed by atoms with Crippen molar-refractivity contribution in [1.29, 1.82) is 0 Å². The molecule has 2 rings (SSSR count). The fourth-order valence-electron chi connectivity index (χ4n) is 1.59. The van der Waals surface area contributed by atoms with Crippen LogP contribution in [0.3, 0.4) is 0 Å². The lowest BCUT2D eigenvalue weighted by Gasteiger charge is -2.08. The van der Waals surface area contributed by atoms with Gasteiger partial charge in [-0.25, -0.2) is 14.2 Å². The van der Waals surface area contributed by atoms with Crippen molar-refractivity contribution in [2.24, 2.45) is 0 Å². The van der Waals surface area contributed by atoms with Crippen LogP contribution in [-0.4, -0.2) is 22.0 Å². The van der Waals surface area contributed by atoms with Crippen molar-refractivity contribution in [3.05, 3.63) is 59.2 Å². The van der Waals surface area contributed by atoms with Crippen LogP contribution in [0, 0.1) is 12.7 Å². The van der Waals surface area contributed by atoms with Gasteiger partial charge in [-0.2, -0.15) is 0 Å². The van der Waals surface area contributed by atoms with Crippen LogP contribution in [0.25, 0.3) is 0 Å². The number of nitrogens with zero attached hydrogens (tertiary/aromatic N) is 1. The number of aromatic carboxylic acids is 1. The van der Waals surface area contributed by atoms with Gasteiger partial charge in [0.15, 0.2) is 0 Å². The van der Waals surface area contributed by atoms with Gasteiger partial charge in [0.05, 0.1) is 5.56 Å². The van der Waals surface area contributed by atoms with E-state index in [1.807, 2.05) is 0 Å². The van der Waals surface area contributed by atoms with Gasteiger partial charge in [0.2, 0.25) is 0 Å². The smallest absolute Gasteiger partial charge is 0.354 e. The summed E-state index contributed by atoms with van der Waals surface area (Å²) in [5.41, 5.74) is 0.732. The molecule has 6 heteroatoms. The molecule has 0 fully saturated rings. The van der Waals surface area contributed by atoms with Gasteiger partial charge in [-0.15, -0.1) is 0 Å². The third-order valence-electron chi connectivity index (χ3n) is 2.76. The molecule has 0 saturated heterocycles. The van der Waals surface area contributed by atoms with E-state index in [1.54, 1.807) is 13.0 Å². The van der Waals surface area contributed by atoms with Crippen molar-refractivity contribution in [3.8, 4) is 0 Å². The molecule has 5 nitrogen and oxygen atoms in total. The molecular weight excluding hydrogens is 263 g/mol. The summed E-state index contributed by atoms with van der Waals surface area (Å²) >= 11 is 0. The van der Waals surface area contributed by atoms with Gasteiger partial charge in [-0.1, -0.05) is 6.07 Å². The molecule has 102 valence electrons. The van der Waals surface area contributed by atoms with E-state index in [2.05, 4.69) is 10.3 Å². The number of amides is 1. The summed E-state index contributed by atoms with van der Waals surface area (Å²) in [7, 11) is 0. The molecule has 1 amide bonds. The highest BCUT2D eigenvalue weighted by atomic mass is 19.1. The lowest BCUT2D eigenvalue weighted by atomic mass is 10.1. The molecule has 0 atom stereocenters. The molecule has 0 unspecified atom stereocenters. The first kappa shape index (κ1) is 13.7. The Morgan fingerprint density at radius 1 is 1.25 bits per heavy atom. The van der Waals surface area contributed by atoms with Gasteiger partial charge in [-0.3, -0.25) is 4.79 Å². The van der Waals surface area contributed by atoms with E-state index in [0.29, 0.717) is 11.3 Å². The van der Waals surface area contributed by atoms with E-state index >= 15 is 0 Å². The fourth-order valence-corrected chi connectivity index (χ4v) is 1.59. The molecule has 2 aromatic rings. The van der Waals surface area contributed by atoms with Gasteiger partial charge in [0.25, 0.3) is 5.91 Å². The Kier molecular flexibility index (Phi) is 3.74. The summed E-state index contributed by atoms with van der Waals surface area (Å²) in [6, 6.07) is 6.95. The maximum atomic E-state index is 13.3. The van der Waals surface area contributed by atoms with Crippen LogP contribution in [0.2, 0.25) is 0 Å². The second kappa shape index (κ2) is 5.48. The van der Waals surface area contributed by atoms with Crippen molar-refractivity contribution in [2.75, 3.05) is 5.32 Å². The molecule has 0 saturated carbocycles. The number of hydrogen-bond acceptors (Lipinski definition) is 3. The molecule has 0 radical (unpaired) electrons. The van der Waals surface area contributed by atoms with Crippen LogP contribution < -0.4 is 5.32 Å². The van der Waals surface area contributed by atoms with Crippen LogP contribution in [0.15, 0.2) is 36.5 Å². The van der Waals surface area contributed by atoms with E-state index in [-0.39, 0.29) is 11.3 Å². The average molecular weight is 274 g/mol. The zero-order valence-corrected chi connectivity index (χ0v) is 10.6. The number of carbonyl (C=O) groups is 2. The highest BCUT2D eigenvalue weighted by Gasteiger charge is 2.11. The molecule has 0 bridgehead atoms. The number of rotatable bonds is 3. The van der Waals surface area contributed by atoms with E-state index < -0.39 is 17.7 Å². The van der Waals surface area contributed by atoms with Crippen LogP contribution in [0.4, 0.5) is 10.1 Å². The van der Waals surface area contributed by atoms with Gasteiger partial charge in [-0.05, 0) is 31.2 Å². The number of carboxylic acids is 1. The standard InChI is InChI=1S/C14H11FN2O3/c1-8-10(15)3-2-4-11(8)17-13(18)9-5-6-12(14(19)20)16-7-9/h2-7H,1H3,(H,17,18)(H,19,20). The maximum Gasteiger partial charge on any atom is 0.354 e. The van der Waals surface area contributed by atoms with Gasteiger partial charge < -0.3 is 10.4 Å². The molecule has 0 spiro atoms. The monoisotopic (exact) mass is 274 g/mol. The Morgan fingerprint density at radius 3 is 2.60 bits per heavy atom. The summed E-state index contributed by atoms with van der Waals surface area (Å²) in [6.07, 6.45) is 1.16. The Balaban J connectivity index is 2.20. The number of nitrogens with one attached hydrogen (secondary N) is 1. The molecule has 0 aliphatic rings. The number of anilines is 1. The SMILES string of the molecule is Cc1c(F)cccc1NC(=O)c1ccc(C(=O)O)nc1. The molecule has 1 aromatic heterocycles. The second-order valence-electron chi connectivity index (χ2n) is 4.10. The molecular formula is C14H11FN2O3. The molecule has 0 aliphatic heterocycles. The number of carbonyl (C=O) groups excluding carboxylic acids is 1. The van der Waals surface area contributed by atoms with Crippen LogP contribution in [0.1, 0.15) is 26.4 Å². The van der Waals surface area contributed by atoms with Crippen LogP contribution >= 0.6 is 0 Å². The number of halogens is 1. The summed E-state index contributed by atoms with van der Waals surface area (Å²) < 4.78 is 13.3. The van der Waals surface area contributed by atoms with E-state index in [9.17, 15) is 14.0 Å². The summed E-state index contributed by atoms with van der Waals surface area (Å²) in [4.78, 5) is 26.2. The predicted molar refractivity (Wildman–Crippen MR) is 70.3 cm³/mol. The van der Waals surface area contributed by atoms with E-state index in [1.165, 1.54) is 24.3 Å². The maximum absolute atomic E-state index is 13.3.